The topological polar surface area (TPSA) is 56.2 Å². The summed E-state index contributed by atoms with van der Waals surface area (Å²) in [4.78, 5) is 3.08. The molecule has 1 heterocycles. The van der Waals surface area contributed by atoms with Crippen LogP contribution in [0.4, 0.5) is 0 Å². The van der Waals surface area contributed by atoms with E-state index in [0.29, 0.717) is 12.0 Å². The van der Waals surface area contributed by atoms with Crippen molar-refractivity contribution >= 4 is 0 Å². The van der Waals surface area contributed by atoms with Gasteiger partial charge in [0.05, 0.1) is 0 Å². The maximum atomic E-state index is 11.0. The van der Waals surface area contributed by atoms with Crippen LogP contribution < -0.4 is 0 Å². The predicted molar refractivity (Wildman–Crippen MR) is 119 cm³/mol. The molecule has 0 saturated heterocycles. The zero-order valence-corrected chi connectivity index (χ0v) is 17.8. The number of aromatic hydroxyl groups is 2. The fraction of sp³-hybridized carbons (Fsp3) is 0.440. The number of aromatic nitrogens is 1. The Morgan fingerprint density at radius 3 is 2.54 bits per heavy atom. The molecule has 1 aromatic heterocycles. The third-order valence-corrected chi connectivity index (χ3v) is 5.15. The SMILES string of the molecule is CCCCCc1cc(O)c(CC=C(C)CCC=C(C)C)c(O)c1-c1cc[nH]c1. The number of rotatable bonds is 10. The second-order valence-electron chi connectivity index (χ2n) is 7.89. The number of hydrogen-bond donors (Lipinski definition) is 3. The van der Waals surface area contributed by atoms with Crippen molar-refractivity contribution in [3.8, 4) is 22.6 Å². The molecule has 2 aromatic rings. The van der Waals surface area contributed by atoms with Gasteiger partial charge in [0.25, 0.3) is 0 Å². The Bertz CT molecular complexity index is 810. The number of nitrogens with one attached hydrogen (secondary N) is 1. The molecule has 0 aliphatic rings. The van der Waals surface area contributed by atoms with E-state index in [1.165, 1.54) is 11.1 Å². The minimum Gasteiger partial charge on any atom is -0.508 e. The number of phenolic OH excluding ortho intramolecular Hbond substituents is 2. The van der Waals surface area contributed by atoms with Crippen LogP contribution in [0.15, 0.2) is 47.8 Å². The second-order valence-corrected chi connectivity index (χ2v) is 7.89. The molecule has 0 spiro atoms. The third-order valence-electron chi connectivity index (χ3n) is 5.15. The lowest BCUT2D eigenvalue weighted by Gasteiger charge is -2.16. The summed E-state index contributed by atoms with van der Waals surface area (Å²) in [6, 6.07) is 3.82. The van der Waals surface area contributed by atoms with Crippen LogP contribution in [0, 0.1) is 0 Å². The highest BCUT2D eigenvalue weighted by Crippen LogP contribution is 2.41. The number of aryl methyl sites for hydroxylation is 1. The molecule has 0 saturated carbocycles. The van der Waals surface area contributed by atoms with Gasteiger partial charge in [-0.3, -0.25) is 0 Å². The Balaban J connectivity index is 2.30. The quantitative estimate of drug-likeness (QED) is 0.305. The van der Waals surface area contributed by atoms with Crippen molar-refractivity contribution < 1.29 is 10.2 Å². The molecule has 0 bridgehead atoms. The minimum absolute atomic E-state index is 0.191. The lowest BCUT2D eigenvalue weighted by atomic mass is 9.92. The van der Waals surface area contributed by atoms with Gasteiger partial charge in [-0.15, -0.1) is 0 Å². The van der Waals surface area contributed by atoms with Crippen molar-refractivity contribution in [2.45, 2.75) is 72.6 Å². The average molecular weight is 382 g/mol. The van der Waals surface area contributed by atoms with Gasteiger partial charge in [0, 0.05) is 29.1 Å². The molecule has 152 valence electrons. The van der Waals surface area contributed by atoms with Gasteiger partial charge >= 0.3 is 0 Å². The van der Waals surface area contributed by atoms with Gasteiger partial charge in [0.1, 0.15) is 11.5 Å². The largest absolute Gasteiger partial charge is 0.508 e. The van der Waals surface area contributed by atoms with Gasteiger partial charge in [-0.2, -0.15) is 0 Å². The summed E-state index contributed by atoms with van der Waals surface area (Å²) >= 11 is 0. The molecule has 3 heteroatoms. The summed E-state index contributed by atoms with van der Waals surface area (Å²) in [6.07, 6.45) is 14.9. The molecule has 3 nitrogen and oxygen atoms in total. The van der Waals surface area contributed by atoms with Crippen molar-refractivity contribution in [1.82, 2.24) is 4.98 Å². The smallest absolute Gasteiger partial charge is 0.130 e. The zero-order valence-electron chi connectivity index (χ0n) is 17.8. The maximum Gasteiger partial charge on any atom is 0.130 e. The van der Waals surface area contributed by atoms with Gasteiger partial charge < -0.3 is 15.2 Å². The summed E-state index contributed by atoms with van der Waals surface area (Å²) in [7, 11) is 0. The summed E-state index contributed by atoms with van der Waals surface area (Å²) in [5.74, 6) is 0.399. The molecule has 1 aromatic carbocycles. The Kier molecular flexibility index (Phi) is 8.43. The van der Waals surface area contributed by atoms with E-state index in [9.17, 15) is 10.2 Å². The van der Waals surface area contributed by atoms with Crippen molar-refractivity contribution in [3.05, 3.63) is 59.0 Å². The maximum absolute atomic E-state index is 11.0. The minimum atomic E-state index is 0.191. The molecule has 0 atom stereocenters. The predicted octanol–water partition coefficient (Wildman–Crippen LogP) is 7.06. The van der Waals surface area contributed by atoms with Crippen LogP contribution in [-0.4, -0.2) is 15.2 Å². The molecule has 0 unspecified atom stereocenters. The Morgan fingerprint density at radius 1 is 1.11 bits per heavy atom. The van der Waals surface area contributed by atoms with Crippen LogP contribution in [0.25, 0.3) is 11.1 Å². The lowest BCUT2D eigenvalue weighted by Crippen LogP contribution is -1.96. The second kappa shape index (κ2) is 10.8. The van der Waals surface area contributed by atoms with Gasteiger partial charge in [-0.05, 0) is 70.6 Å². The number of aromatic amines is 1. The first-order valence-electron chi connectivity index (χ1n) is 10.4. The van der Waals surface area contributed by atoms with Crippen LogP contribution in [-0.2, 0) is 12.8 Å². The van der Waals surface area contributed by atoms with E-state index in [1.807, 2.05) is 24.5 Å². The zero-order chi connectivity index (χ0) is 20.5. The highest BCUT2D eigenvalue weighted by molar-refractivity contribution is 5.77. The Labute approximate surface area is 169 Å². The van der Waals surface area contributed by atoms with Crippen LogP contribution >= 0.6 is 0 Å². The molecule has 0 amide bonds. The molecule has 28 heavy (non-hydrogen) atoms. The van der Waals surface area contributed by atoms with E-state index in [2.05, 4.69) is 44.8 Å². The molecule has 0 aliphatic carbocycles. The Morgan fingerprint density at radius 2 is 1.89 bits per heavy atom. The summed E-state index contributed by atoms with van der Waals surface area (Å²) < 4.78 is 0. The standard InChI is InChI=1S/C25H35NO2/c1-5-6-7-11-20-16-23(27)22(13-12-19(4)10-8-9-18(2)3)25(28)24(20)21-14-15-26-17-21/h9,12,14-17,26-28H,5-8,10-11,13H2,1-4H3. The van der Waals surface area contributed by atoms with Gasteiger partial charge in [-0.1, -0.05) is 43.1 Å². The number of benzene rings is 1. The monoisotopic (exact) mass is 381 g/mol. The van der Waals surface area contributed by atoms with Crippen LogP contribution in [0.2, 0.25) is 0 Å². The highest BCUT2D eigenvalue weighted by Gasteiger charge is 2.18. The van der Waals surface area contributed by atoms with Crippen LogP contribution in [0.1, 0.15) is 70.9 Å². The van der Waals surface area contributed by atoms with Crippen LogP contribution in [0.3, 0.4) is 0 Å². The third kappa shape index (κ3) is 6.05. The number of allylic oxidation sites excluding steroid dienone is 4. The van der Waals surface area contributed by atoms with Gasteiger partial charge in [0.2, 0.25) is 0 Å². The van der Waals surface area contributed by atoms with Crippen molar-refractivity contribution in [3.63, 3.8) is 0 Å². The van der Waals surface area contributed by atoms with E-state index < -0.39 is 0 Å². The van der Waals surface area contributed by atoms with Gasteiger partial charge in [0.15, 0.2) is 0 Å². The van der Waals surface area contributed by atoms with E-state index in [1.54, 1.807) is 0 Å². The molecule has 0 fully saturated rings. The first-order valence-corrected chi connectivity index (χ1v) is 10.4. The fourth-order valence-corrected chi connectivity index (χ4v) is 3.48. The molecular weight excluding hydrogens is 346 g/mol. The summed E-state index contributed by atoms with van der Waals surface area (Å²) in [5, 5.41) is 21.6. The Hall–Kier alpha value is -2.42. The van der Waals surface area contributed by atoms with E-state index in [-0.39, 0.29) is 11.5 Å². The number of unbranched alkanes of at least 4 members (excludes halogenated alkanes) is 2. The van der Waals surface area contributed by atoms with E-state index in [4.69, 9.17) is 0 Å². The van der Waals surface area contributed by atoms with Crippen molar-refractivity contribution in [2.24, 2.45) is 0 Å². The number of hydrogen-bond acceptors (Lipinski definition) is 2. The highest BCUT2D eigenvalue weighted by atomic mass is 16.3. The first-order chi connectivity index (χ1) is 13.4. The fourth-order valence-electron chi connectivity index (χ4n) is 3.48. The van der Waals surface area contributed by atoms with Crippen LogP contribution in [0.5, 0.6) is 11.5 Å². The molecule has 0 aliphatic heterocycles. The number of phenols is 2. The van der Waals surface area contributed by atoms with E-state index >= 15 is 0 Å². The summed E-state index contributed by atoms with van der Waals surface area (Å²) in [5.41, 5.74) is 6.03. The summed E-state index contributed by atoms with van der Waals surface area (Å²) in [6.45, 7) is 8.51. The molecule has 3 N–H and O–H groups in total. The number of H-pyrrole nitrogens is 1. The molecular formula is C25H35NO2. The van der Waals surface area contributed by atoms with Crippen molar-refractivity contribution in [2.75, 3.05) is 0 Å². The van der Waals surface area contributed by atoms with Crippen molar-refractivity contribution in [1.29, 1.82) is 0 Å². The first kappa shape index (κ1) is 21.9. The van der Waals surface area contributed by atoms with E-state index in [0.717, 1.165) is 55.2 Å². The lowest BCUT2D eigenvalue weighted by molar-refractivity contribution is 0.440. The molecule has 0 radical (unpaired) electrons. The molecule has 2 rings (SSSR count). The normalized spacial score (nSPS) is 11.6. The average Bonchev–Trinajstić information content (AvgIpc) is 3.15. The van der Waals surface area contributed by atoms with Gasteiger partial charge in [-0.25, -0.2) is 0 Å².